The molecule has 1 atom stereocenters. The summed E-state index contributed by atoms with van der Waals surface area (Å²) in [4.78, 5) is 26.6. The molecule has 0 spiro atoms. The van der Waals surface area contributed by atoms with Crippen molar-refractivity contribution in [2.75, 3.05) is 7.11 Å². The van der Waals surface area contributed by atoms with E-state index in [0.717, 1.165) is 16.6 Å². The van der Waals surface area contributed by atoms with Gasteiger partial charge in [0.1, 0.15) is 35.8 Å². The van der Waals surface area contributed by atoms with Crippen molar-refractivity contribution in [3.63, 3.8) is 0 Å². The molecule has 196 valence electrons. The lowest BCUT2D eigenvalue weighted by Crippen LogP contribution is -2.26. The van der Waals surface area contributed by atoms with Gasteiger partial charge in [-0.3, -0.25) is 4.79 Å². The zero-order valence-corrected chi connectivity index (χ0v) is 22.5. The highest BCUT2D eigenvalue weighted by atomic mass is 35.5. The predicted octanol–water partition coefficient (Wildman–Crippen LogP) is 4.62. The highest BCUT2D eigenvalue weighted by Gasteiger charge is 2.22. The van der Waals surface area contributed by atoms with Crippen LogP contribution in [0.15, 0.2) is 59.8 Å². The van der Waals surface area contributed by atoms with Gasteiger partial charge in [0.25, 0.3) is 5.56 Å². The van der Waals surface area contributed by atoms with Gasteiger partial charge < -0.3 is 14.0 Å². The number of rotatable bonds is 7. The number of pyridine rings is 3. The molecule has 0 N–H and O–H groups in total. The summed E-state index contributed by atoms with van der Waals surface area (Å²) in [6, 6.07) is 13.7. The molecule has 0 aliphatic heterocycles. The van der Waals surface area contributed by atoms with Crippen LogP contribution in [0.1, 0.15) is 35.5 Å². The van der Waals surface area contributed by atoms with Gasteiger partial charge in [-0.05, 0) is 38.1 Å². The van der Waals surface area contributed by atoms with Gasteiger partial charge >= 0.3 is 0 Å². The van der Waals surface area contributed by atoms with Crippen molar-refractivity contribution < 1.29 is 9.47 Å². The molecule has 0 fully saturated rings. The van der Waals surface area contributed by atoms with Crippen LogP contribution in [0, 0.1) is 18.3 Å². The highest BCUT2D eigenvalue weighted by molar-refractivity contribution is 6.31. The fourth-order valence-corrected chi connectivity index (χ4v) is 4.75. The summed E-state index contributed by atoms with van der Waals surface area (Å²) in [5, 5.41) is 14.8. The van der Waals surface area contributed by atoms with E-state index in [2.05, 4.69) is 15.1 Å². The summed E-state index contributed by atoms with van der Waals surface area (Å²) in [6.45, 7) is 3.77. The fraction of sp³-hybridized carbons (Fsp3) is 0.214. The molecule has 11 heteroatoms. The van der Waals surface area contributed by atoms with Crippen LogP contribution >= 0.6 is 11.6 Å². The number of methoxy groups -OCH3 is 1. The second-order valence-corrected chi connectivity index (χ2v) is 9.30. The van der Waals surface area contributed by atoms with Crippen LogP contribution in [-0.4, -0.2) is 36.4 Å². The summed E-state index contributed by atoms with van der Waals surface area (Å²) in [6.07, 6.45) is 3.12. The first-order valence-electron chi connectivity index (χ1n) is 12.0. The van der Waals surface area contributed by atoms with E-state index in [9.17, 15) is 10.1 Å². The number of fused-ring (bicyclic) bond motifs is 1. The Kier molecular flexibility index (Phi) is 7.00. The van der Waals surface area contributed by atoms with Crippen LogP contribution in [0.4, 0.5) is 0 Å². The molecule has 0 amide bonds. The smallest absolute Gasteiger partial charge is 0.269 e. The number of halogens is 1. The van der Waals surface area contributed by atoms with E-state index >= 15 is 0 Å². The van der Waals surface area contributed by atoms with Gasteiger partial charge in [-0.25, -0.2) is 19.6 Å². The molecular formula is C28H24ClN7O3. The van der Waals surface area contributed by atoms with E-state index in [0.29, 0.717) is 39.3 Å². The Labute approximate surface area is 229 Å². The molecule has 0 bridgehead atoms. The second kappa shape index (κ2) is 10.6. The quantitative estimate of drug-likeness (QED) is 0.293. The maximum Gasteiger partial charge on any atom is 0.269 e. The van der Waals surface area contributed by atoms with Gasteiger partial charge in [0.15, 0.2) is 5.82 Å². The summed E-state index contributed by atoms with van der Waals surface area (Å²) in [5.41, 5.74) is 3.03. The zero-order chi connectivity index (χ0) is 27.7. The van der Waals surface area contributed by atoms with Crippen LogP contribution in [0.25, 0.3) is 22.3 Å². The molecule has 5 aromatic rings. The molecule has 4 aromatic heterocycles. The SMILES string of the molecule is COc1cc(Cl)c(COc2cccc3c(-c4ncnn4C)cc(C)nc23)c(C(C)n2cccc(C#N)c2=O)n1. The van der Waals surface area contributed by atoms with Crippen molar-refractivity contribution in [2.24, 2.45) is 7.05 Å². The number of ether oxygens (including phenoxy) is 2. The molecule has 1 aromatic carbocycles. The number of nitriles is 1. The van der Waals surface area contributed by atoms with Gasteiger partial charge in [-0.2, -0.15) is 10.4 Å². The van der Waals surface area contributed by atoms with Gasteiger partial charge in [0.05, 0.1) is 23.9 Å². The van der Waals surface area contributed by atoms with Crippen molar-refractivity contribution >= 4 is 22.5 Å². The Balaban J connectivity index is 1.57. The average Bonchev–Trinajstić information content (AvgIpc) is 3.36. The number of hydrogen-bond donors (Lipinski definition) is 0. The third-order valence-corrected chi connectivity index (χ3v) is 6.79. The van der Waals surface area contributed by atoms with Crippen LogP contribution in [0.2, 0.25) is 5.02 Å². The molecule has 1 unspecified atom stereocenters. The maximum atomic E-state index is 12.9. The van der Waals surface area contributed by atoms with Crippen molar-refractivity contribution in [2.45, 2.75) is 26.5 Å². The van der Waals surface area contributed by atoms with Crippen LogP contribution in [0.5, 0.6) is 11.6 Å². The minimum absolute atomic E-state index is 0.0343. The zero-order valence-electron chi connectivity index (χ0n) is 21.7. The van der Waals surface area contributed by atoms with Crippen LogP contribution in [-0.2, 0) is 13.7 Å². The van der Waals surface area contributed by atoms with E-state index in [1.165, 1.54) is 24.1 Å². The fourth-order valence-electron chi connectivity index (χ4n) is 4.50. The lowest BCUT2D eigenvalue weighted by Gasteiger charge is -2.20. The molecule has 5 rings (SSSR count). The lowest BCUT2D eigenvalue weighted by molar-refractivity contribution is 0.305. The molecular weight excluding hydrogens is 518 g/mol. The molecule has 0 saturated carbocycles. The summed E-state index contributed by atoms with van der Waals surface area (Å²) >= 11 is 6.69. The molecule has 0 radical (unpaired) electrons. The third kappa shape index (κ3) is 4.80. The largest absolute Gasteiger partial charge is 0.486 e. The summed E-state index contributed by atoms with van der Waals surface area (Å²) < 4.78 is 14.8. The van der Waals surface area contributed by atoms with Crippen molar-refractivity contribution in [3.8, 4) is 29.1 Å². The number of aromatic nitrogens is 6. The first kappa shape index (κ1) is 25.9. The topological polar surface area (TPSA) is 121 Å². The Hall–Kier alpha value is -4.75. The minimum atomic E-state index is -0.563. The number of nitrogens with zero attached hydrogens (tertiary/aromatic N) is 7. The normalized spacial score (nSPS) is 11.8. The maximum absolute atomic E-state index is 12.9. The Morgan fingerprint density at radius 3 is 2.72 bits per heavy atom. The van der Waals surface area contributed by atoms with E-state index in [4.69, 9.17) is 26.1 Å². The van der Waals surface area contributed by atoms with Gasteiger partial charge in [-0.1, -0.05) is 23.7 Å². The standard InChI is InChI=1S/C28H24ClN7O3/c1-16-11-20(27-31-15-32-35(27)3)19-8-5-9-23(26(19)33-16)39-14-21-22(29)12-24(38-4)34-25(21)17(2)36-10-6-7-18(13-30)28(36)37/h5-12,15,17H,14H2,1-4H3. The molecule has 39 heavy (non-hydrogen) atoms. The van der Waals surface area contributed by atoms with E-state index in [-0.39, 0.29) is 12.2 Å². The summed E-state index contributed by atoms with van der Waals surface area (Å²) in [7, 11) is 3.33. The molecule has 0 aliphatic carbocycles. The number of hydrogen-bond acceptors (Lipinski definition) is 8. The van der Waals surface area contributed by atoms with Crippen LogP contribution < -0.4 is 15.0 Å². The number of para-hydroxylation sites is 1. The Morgan fingerprint density at radius 1 is 1.18 bits per heavy atom. The average molecular weight is 542 g/mol. The van der Waals surface area contributed by atoms with Gasteiger partial charge in [0, 0.05) is 41.5 Å². The van der Waals surface area contributed by atoms with E-state index in [1.54, 1.807) is 29.9 Å². The number of benzene rings is 1. The monoisotopic (exact) mass is 541 g/mol. The van der Waals surface area contributed by atoms with Crippen molar-refractivity contribution in [1.82, 2.24) is 29.3 Å². The van der Waals surface area contributed by atoms with Crippen molar-refractivity contribution in [1.29, 1.82) is 5.26 Å². The van der Waals surface area contributed by atoms with Gasteiger partial charge in [-0.15, -0.1) is 0 Å². The molecule has 10 nitrogen and oxygen atoms in total. The third-order valence-electron chi connectivity index (χ3n) is 6.45. The lowest BCUT2D eigenvalue weighted by atomic mass is 10.1. The van der Waals surface area contributed by atoms with Crippen LogP contribution in [0.3, 0.4) is 0 Å². The Morgan fingerprint density at radius 2 is 2.00 bits per heavy atom. The predicted molar refractivity (Wildman–Crippen MR) is 146 cm³/mol. The molecule has 4 heterocycles. The highest BCUT2D eigenvalue weighted by Crippen LogP contribution is 2.34. The number of aryl methyl sites for hydroxylation is 2. The van der Waals surface area contributed by atoms with Gasteiger partial charge in [0.2, 0.25) is 5.88 Å². The summed E-state index contributed by atoms with van der Waals surface area (Å²) in [5.74, 6) is 1.56. The first-order valence-corrected chi connectivity index (χ1v) is 12.4. The van der Waals surface area contributed by atoms with Crippen molar-refractivity contribution in [3.05, 3.63) is 92.9 Å². The molecule has 0 aliphatic rings. The van der Waals surface area contributed by atoms with E-state index in [1.807, 2.05) is 44.3 Å². The minimum Gasteiger partial charge on any atom is -0.486 e. The van der Waals surface area contributed by atoms with E-state index < -0.39 is 11.6 Å². The molecule has 0 saturated heterocycles. The Bertz CT molecular complexity index is 1810. The first-order chi connectivity index (χ1) is 18.8. The second-order valence-electron chi connectivity index (χ2n) is 8.89.